The Hall–Kier alpha value is -3.74. The minimum Gasteiger partial charge on any atom is -0.450 e. The van der Waals surface area contributed by atoms with Crippen LogP contribution in [0.3, 0.4) is 0 Å². The molecule has 0 unspecified atom stereocenters. The highest BCUT2D eigenvalue weighted by molar-refractivity contribution is 5.91. The van der Waals surface area contributed by atoms with E-state index in [-0.39, 0.29) is 11.4 Å². The normalized spacial score (nSPS) is 10.9. The molecule has 0 amide bonds. The summed E-state index contributed by atoms with van der Waals surface area (Å²) in [6.07, 6.45) is 1.57. The maximum absolute atomic E-state index is 11.5. The zero-order chi connectivity index (χ0) is 17.4. The van der Waals surface area contributed by atoms with E-state index in [1.165, 1.54) is 18.2 Å². The third-order valence-corrected chi connectivity index (χ3v) is 3.72. The molecule has 0 fully saturated rings. The van der Waals surface area contributed by atoms with Crippen molar-refractivity contribution in [2.75, 3.05) is 0 Å². The molecule has 122 valence electrons. The van der Waals surface area contributed by atoms with E-state index in [1.807, 2.05) is 0 Å². The molecular weight excluding hydrogens is 324 g/mol. The molecule has 0 bridgehead atoms. The lowest BCUT2D eigenvalue weighted by Crippen LogP contribution is -1.96. The summed E-state index contributed by atoms with van der Waals surface area (Å²) in [6.45, 7) is 0. The maximum Gasteiger partial charge on any atom is 0.336 e. The van der Waals surface area contributed by atoms with E-state index in [0.717, 1.165) is 5.39 Å². The molecule has 0 aliphatic carbocycles. The van der Waals surface area contributed by atoms with Crippen LogP contribution in [0.15, 0.2) is 70.0 Å². The van der Waals surface area contributed by atoms with Gasteiger partial charge in [0.2, 0.25) is 5.75 Å². The van der Waals surface area contributed by atoms with Crippen LogP contribution in [0, 0.1) is 10.1 Å². The van der Waals surface area contributed by atoms with Crippen LogP contribution < -0.4 is 10.4 Å². The number of nitrogens with zero attached hydrogens (tertiary/aromatic N) is 2. The van der Waals surface area contributed by atoms with Gasteiger partial charge in [-0.1, -0.05) is 0 Å². The van der Waals surface area contributed by atoms with Gasteiger partial charge in [0, 0.05) is 23.7 Å². The summed E-state index contributed by atoms with van der Waals surface area (Å²) in [4.78, 5) is 26.5. The summed E-state index contributed by atoms with van der Waals surface area (Å²) in [5.74, 6) is 0.413. The highest BCUT2D eigenvalue weighted by Gasteiger charge is 2.21. The van der Waals surface area contributed by atoms with E-state index in [0.29, 0.717) is 22.2 Å². The van der Waals surface area contributed by atoms with Crippen molar-refractivity contribution in [1.82, 2.24) is 4.98 Å². The van der Waals surface area contributed by atoms with Gasteiger partial charge in [0.25, 0.3) is 0 Å². The van der Waals surface area contributed by atoms with Crippen LogP contribution in [-0.2, 0) is 0 Å². The van der Waals surface area contributed by atoms with E-state index in [1.54, 1.807) is 42.6 Å². The van der Waals surface area contributed by atoms with Crippen LogP contribution in [0.1, 0.15) is 0 Å². The predicted octanol–water partition coefficient (Wildman–Crippen LogP) is 4.04. The lowest BCUT2D eigenvalue weighted by Gasteiger charge is -2.08. The van der Waals surface area contributed by atoms with Gasteiger partial charge in [0.05, 0.1) is 15.8 Å². The van der Waals surface area contributed by atoms with Gasteiger partial charge < -0.3 is 9.15 Å². The average Bonchev–Trinajstić information content (AvgIpc) is 2.61. The number of aromatic nitrogens is 1. The molecule has 0 aliphatic rings. The zero-order valence-electron chi connectivity index (χ0n) is 12.7. The first-order chi connectivity index (χ1) is 12.1. The van der Waals surface area contributed by atoms with Gasteiger partial charge in [-0.25, -0.2) is 4.79 Å². The summed E-state index contributed by atoms with van der Waals surface area (Å²) in [6, 6.07) is 14.2. The second-order valence-electron chi connectivity index (χ2n) is 5.30. The lowest BCUT2D eigenvalue weighted by molar-refractivity contribution is -0.383. The van der Waals surface area contributed by atoms with Crippen molar-refractivity contribution >= 4 is 27.6 Å². The van der Waals surface area contributed by atoms with Crippen molar-refractivity contribution in [2.24, 2.45) is 0 Å². The van der Waals surface area contributed by atoms with Crippen LogP contribution in [-0.4, -0.2) is 9.91 Å². The highest BCUT2D eigenvalue weighted by atomic mass is 16.6. The number of hydrogen-bond donors (Lipinski definition) is 0. The van der Waals surface area contributed by atoms with Gasteiger partial charge in [-0.3, -0.25) is 15.1 Å². The fraction of sp³-hybridized carbons (Fsp3) is 0. The monoisotopic (exact) mass is 334 g/mol. The molecule has 4 aromatic rings. The van der Waals surface area contributed by atoms with Gasteiger partial charge in [-0.05, 0) is 42.5 Å². The second kappa shape index (κ2) is 5.72. The molecule has 0 saturated heterocycles. The smallest absolute Gasteiger partial charge is 0.336 e. The first-order valence-electron chi connectivity index (χ1n) is 7.36. The minimum atomic E-state index is -0.499. The molecule has 25 heavy (non-hydrogen) atoms. The van der Waals surface area contributed by atoms with Gasteiger partial charge in [0.1, 0.15) is 11.3 Å². The quantitative estimate of drug-likeness (QED) is 0.319. The van der Waals surface area contributed by atoms with Crippen molar-refractivity contribution in [1.29, 1.82) is 0 Å². The maximum atomic E-state index is 11.5. The van der Waals surface area contributed by atoms with Crippen LogP contribution in [0.25, 0.3) is 21.9 Å². The second-order valence-corrected chi connectivity index (χ2v) is 5.30. The fourth-order valence-corrected chi connectivity index (χ4v) is 2.62. The number of pyridine rings is 1. The minimum absolute atomic E-state index is 0.0862. The van der Waals surface area contributed by atoms with Crippen LogP contribution in [0.5, 0.6) is 11.5 Å². The Bertz CT molecular complexity index is 1180. The molecule has 0 spiro atoms. The van der Waals surface area contributed by atoms with E-state index >= 15 is 0 Å². The summed E-state index contributed by atoms with van der Waals surface area (Å²) in [5.41, 5.74) is 0.203. The number of nitro groups is 1. The molecule has 0 N–H and O–H groups in total. The molecular formula is C18H10N2O5. The summed E-state index contributed by atoms with van der Waals surface area (Å²) in [5, 5.41) is 12.6. The average molecular weight is 334 g/mol. The van der Waals surface area contributed by atoms with E-state index in [4.69, 9.17) is 9.15 Å². The van der Waals surface area contributed by atoms with Crippen LogP contribution >= 0.6 is 0 Å². The SMILES string of the molecule is O=c1ccc2ccc(Oc3ccc4ncccc4c3[N+](=O)[O-])cc2o1. The molecule has 2 aromatic heterocycles. The Kier molecular flexibility index (Phi) is 3.39. The van der Waals surface area contributed by atoms with Gasteiger partial charge in [0.15, 0.2) is 0 Å². The third kappa shape index (κ3) is 2.67. The Morgan fingerprint density at radius 1 is 1.08 bits per heavy atom. The molecule has 0 saturated carbocycles. The zero-order valence-corrected chi connectivity index (χ0v) is 12.7. The number of fused-ring (bicyclic) bond motifs is 2. The molecule has 2 aromatic carbocycles. The standard InChI is InChI=1S/C18H10N2O5/c21-17-8-4-11-3-5-12(10-16(11)25-17)24-15-7-6-14-13(2-1-9-19-14)18(15)20(22)23/h1-10H. The largest absolute Gasteiger partial charge is 0.450 e. The summed E-state index contributed by atoms with van der Waals surface area (Å²) >= 11 is 0. The number of rotatable bonds is 3. The molecule has 0 atom stereocenters. The van der Waals surface area contributed by atoms with Crippen molar-refractivity contribution in [2.45, 2.75) is 0 Å². The van der Waals surface area contributed by atoms with Crippen LogP contribution in [0.4, 0.5) is 5.69 Å². The van der Waals surface area contributed by atoms with Crippen molar-refractivity contribution in [3.63, 3.8) is 0 Å². The number of benzene rings is 2. The van der Waals surface area contributed by atoms with Crippen LogP contribution in [0.2, 0.25) is 0 Å². The van der Waals surface area contributed by atoms with E-state index in [2.05, 4.69) is 4.98 Å². The molecule has 0 aliphatic heterocycles. The molecule has 4 rings (SSSR count). The Morgan fingerprint density at radius 3 is 2.76 bits per heavy atom. The van der Waals surface area contributed by atoms with Crippen molar-refractivity contribution in [3.05, 3.63) is 81.3 Å². The van der Waals surface area contributed by atoms with E-state index < -0.39 is 10.5 Å². The third-order valence-electron chi connectivity index (χ3n) is 3.72. The summed E-state index contributed by atoms with van der Waals surface area (Å²) < 4.78 is 10.8. The predicted molar refractivity (Wildman–Crippen MR) is 91.0 cm³/mol. The van der Waals surface area contributed by atoms with Crippen molar-refractivity contribution in [3.8, 4) is 11.5 Å². The van der Waals surface area contributed by atoms with Gasteiger partial charge in [-0.2, -0.15) is 0 Å². The lowest BCUT2D eigenvalue weighted by atomic mass is 10.1. The molecule has 7 heteroatoms. The Balaban J connectivity index is 1.84. The first kappa shape index (κ1) is 14.8. The van der Waals surface area contributed by atoms with Gasteiger partial charge in [-0.15, -0.1) is 0 Å². The topological polar surface area (TPSA) is 95.5 Å². The molecule has 2 heterocycles. The number of nitro benzene ring substituents is 1. The van der Waals surface area contributed by atoms with E-state index in [9.17, 15) is 14.9 Å². The summed E-state index contributed by atoms with van der Waals surface area (Å²) in [7, 11) is 0. The number of ether oxygens (including phenoxy) is 1. The highest BCUT2D eigenvalue weighted by Crippen LogP contribution is 2.37. The molecule has 7 nitrogen and oxygen atoms in total. The number of hydrogen-bond acceptors (Lipinski definition) is 6. The van der Waals surface area contributed by atoms with Crippen molar-refractivity contribution < 1.29 is 14.1 Å². The Labute approximate surface area is 140 Å². The Morgan fingerprint density at radius 2 is 1.92 bits per heavy atom. The van der Waals surface area contributed by atoms with Gasteiger partial charge >= 0.3 is 11.3 Å². The fourth-order valence-electron chi connectivity index (χ4n) is 2.62. The molecule has 0 radical (unpaired) electrons. The first-order valence-corrected chi connectivity index (χ1v) is 7.36.